The van der Waals surface area contributed by atoms with E-state index in [0.717, 1.165) is 19.1 Å². The molecule has 3 unspecified atom stereocenters. The second-order valence-corrected chi connectivity index (χ2v) is 5.80. The third-order valence-corrected chi connectivity index (χ3v) is 4.62. The molecule has 1 aliphatic rings. The summed E-state index contributed by atoms with van der Waals surface area (Å²) in [5, 5.41) is 3.60. The first-order chi connectivity index (χ1) is 7.77. The Morgan fingerprint density at radius 2 is 2.25 bits per heavy atom. The van der Waals surface area contributed by atoms with Gasteiger partial charge in [-0.3, -0.25) is 0 Å². The minimum atomic E-state index is 0.532. The molecule has 0 aromatic heterocycles. The predicted octanol–water partition coefficient (Wildman–Crippen LogP) is 2.92. The van der Waals surface area contributed by atoms with Crippen LogP contribution >= 0.6 is 11.8 Å². The van der Waals surface area contributed by atoms with Crippen molar-refractivity contribution in [3.05, 3.63) is 0 Å². The van der Waals surface area contributed by atoms with Crippen molar-refractivity contribution >= 4 is 11.8 Å². The first-order valence-electron chi connectivity index (χ1n) is 6.70. The van der Waals surface area contributed by atoms with E-state index in [2.05, 4.69) is 37.8 Å². The summed E-state index contributed by atoms with van der Waals surface area (Å²) in [6.07, 6.45) is 4.32. The summed E-state index contributed by atoms with van der Waals surface area (Å²) in [5.74, 6) is 3.18. The van der Waals surface area contributed by atoms with E-state index in [0.29, 0.717) is 12.1 Å². The maximum atomic E-state index is 5.64. The molecule has 1 N–H and O–H groups in total. The third-order valence-electron chi connectivity index (χ3n) is 3.42. The molecule has 0 amide bonds. The molecule has 3 heteroatoms. The first-order valence-corrected chi connectivity index (χ1v) is 7.86. The van der Waals surface area contributed by atoms with E-state index in [4.69, 9.17) is 4.74 Å². The van der Waals surface area contributed by atoms with E-state index in [1.165, 1.54) is 30.8 Å². The highest BCUT2D eigenvalue weighted by Gasteiger charge is 2.18. The summed E-state index contributed by atoms with van der Waals surface area (Å²) in [6, 6.07) is 0.668. The lowest BCUT2D eigenvalue weighted by Crippen LogP contribution is -2.37. The fraction of sp³-hybridized carbons (Fsp3) is 1.00. The van der Waals surface area contributed by atoms with Crippen LogP contribution in [0, 0.1) is 5.92 Å². The summed E-state index contributed by atoms with van der Waals surface area (Å²) in [6.45, 7) is 8.88. The molecule has 3 atom stereocenters. The molecule has 2 nitrogen and oxygen atoms in total. The molecule has 0 saturated carbocycles. The van der Waals surface area contributed by atoms with Crippen molar-refractivity contribution in [2.24, 2.45) is 5.92 Å². The average molecular weight is 245 g/mol. The van der Waals surface area contributed by atoms with E-state index in [-0.39, 0.29) is 0 Å². The van der Waals surface area contributed by atoms with Crippen LogP contribution in [0.2, 0.25) is 0 Å². The summed E-state index contributed by atoms with van der Waals surface area (Å²) in [7, 11) is 0. The Morgan fingerprint density at radius 3 is 2.81 bits per heavy atom. The highest BCUT2D eigenvalue weighted by atomic mass is 32.2. The van der Waals surface area contributed by atoms with Gasteiger partial charge in [-0.05, 0) is 25.3 Å². The van der Waals surface area contributed by atoms with Crippen molar-refractivity contribution < 1.29 is 4.74 Å². The van der Waals surface area contributed by atoms with Crippen molar-refractivity contribution in [3.8, 4) is 0 Å². The fourth-order valence-electron chi connectivity index (χ4n) is 2.07. The molecule has 1 saturated heterocycles. The second-order valence-electron chi connectivity index (χ2n) is 4.72. The molecule has 0 aromatic rings. The van der Waals surface area contributed by atoms with Gasteiger partial charge in [0, 0.05) is 24.2 Å². The molecular weight excluding hydrogens is 218 g/mol. The SMILES string of the molecule is CCNC(CSCC1CCCO1)C(C)CC. The zero-order chi connectivity index (χ0) is 11.8. The predicted molar refractivity (Wildman–Crippen MR) is 73.2 cm³/mol. The van der Waals surface area contributed by atoms with E-state index in [1.54, 1.807) is 0 Å². The Hall–Kier alpha value is 0.270. The molecule has 96 valence electrons. The van der Waals surface area contributed by atoms with Crippen LogP contribution in [0.1, 0.15) is 40.0 Å². The Balaban J connectivity index is 2.15. The molecule has 1 rings (SSSR count). The maximum absolute atomic E-state index is 5.64. The quantitative estimate of drug-likeness (QED) is 0.710. The van der Waals surface area contributed by atoms with Gasteiger partial charge in [-0.25, -0.2) is 0 Å². The van der Waals surface area contributed by atoms with Gasteiger partial charge in [-0.2, -0.15) is 11.8 Å². The average Bonchev–Trinajstić information content (AvgIpc) is 2.80. The van der Waals surface area contributed by atoms with Gasteiger partial charge in [-0.1, -0.05) is 27.2 Å². The third kappa shape index (κ3) is 5.07. The van der Waals surface area contributed by atoms with Crippen molar-refractivity contribution in [1.82, 2.24) is 5.32 Å². The number of hydrogen-bond acceptors (Lipinski definition) is 3. The van der Waals surface area contributed by atoms with Crippen molar-refractivity contribution in [3.63, 3.8) is 0 Å². The highest BCUT2D eigenvalue weighted by molar-refractivity contribution is 7.99. The normalized spacial score (nSPS) is 24.6. The molecule has 0 radical (unpaired) electrons. The van der Waals surface area contributed by atoms with Crippen molar-refractivity contribution in [1.29, 1.82) is 0 Å². The molecule has 0 aliphatic carbocycles. The van der Waals surface area contributed by atoms with Gasteiger partial charge in [0.05, 0.1) is 6.10 Å². The van der Waals surface area contributed by atoms with Crippen LogP contribution in [0.4, 0.5) is 0 Å². The monoisotopic (exact) mass is 245 g/mol. The van der Waals surface area contributed by atoms with Crippen LogP contribution in [-0.4, -0.2) is 36.8 Å². The Labute approximate surface area is 105 Å². The molecule has 1 aliphatic heterocycles. The van der Waals surface area contributed by atoms with Crippen LogP contribution in [0.3, 0.4) is 0 Å². The first kappa shape index (κ1) is 14.3. The van der Waals surface area contributed by atoms with Crippen molar-refractivity contribution in [2.45, 2.75) is 52.2 Å². The van der Waals surface area contributed by atoms with Crippen LogP contribution in [0.15, 0.2) is 0 Å². The molecule has 0 spiro atoms. The highest BCUT2D eigenvalue weighted by Crippen LogP contribution is 2.19. The minimum absolute atomic E-state index is 0.532. The zero-order valence-corrected chi connectivity index (χ0v) is 11.8. The maximum Gasteiger partial charge on any atom is 0.0666 e. The summed E-state index contributed by atoms with van der Waals surface area (Å²) >= 11 is 2.05. The van der Waals surface area contributed by atoms with Crippen LogP contribution in [0.25, 0.3) is 0 Å². The van der Waals surface area contributed by atoms with Gasteiger partial charge >= 0.3 is 0 Å². The summed E-state index contributed by atoms with van der Waals surface area (Å²) in [5.41, 5.74) is 0. The Kier molecular flexibility index (Phi) is 7.50. The topological polar surface area (TPSA) is 21.3 Å². The van der Waals surface area contributed by atoms with Crippen LogP contribution < -0.4 is 5.32 Å². The summed E-state index contributed by atoms with van der Waals surface area (Å²) in [4.78, 5) is 0. The number of rotatable bonds is 8. The number of hydrogen-bond donors (Lipinski definition) is 1. The van der Waals surface area contributed by atoms with Gasteiger partial charge < -0.3 is 10.1 Å². The lowest BCUT2D eigenvalue weighted by atomic mass is 10.0. The number of ether oxygens (including phenoxy) is 1. The lowest BCUT2D eigenvalue weighted by Gasteiger charge is -2.24. The molecule has 16 heavy (non-hydrogen) atoms. The summed E-state index contributed by atoms with van der Waals surface area (Å²) < 4.78 is 5.64. The number of nitrogens with one attached hydrogen (secondary N) is 1. The molecule has 1 fully saturated rings. The Morgan fingerprint density at radius 1 is 1.44 bits per heavy atom. The standard InChI is InChI=1S/C13H27NOS/c1-4-11(3)13(14-5-2)10-16-9-12-7-6-8-15-12/h11-14H,4-10H2,1-3H3. The van der Waals surface area contributed by atoms with Crippen LogP contribution in [-0.2, 0) is 4.74 Å². The molecule has 1 heterocycles. The molecule has 0 aromatic carbocycles. The second kappa shape index (κ2) is 8.37. The van der Waals surface area contributed by atoms with Gasteiger partial charge in [0.1, 0.15) is 0 Å². The van der Waals surface area contributed by atoms with Gasteiger partial charge in [0.2, 0.25) is 0 Å². The van der Waals surface area contributed by atoms with Gasteiger partial charge in [-0.15, -0.1) is 0 Å². The lowest BCUT2D eigenvalue weighted by molar-refractivity contribution is 0.129. The largest absolute Gasteiger partial charge is 0.377 e. The number of thioether (sulfide) groups is 1. The van der Waals surface area contributed by atoms with E-state index in [9.17, 15) is 0 Å². The Bertz CT molecular complexity index is 171. The molecule has 0 bridgehead atoms. The zero-order valence-electron chi connectivity index (χ0n) is 11.0. The fourth-order valence-corrected chi connectivity index (χ4v) is 3.44. The molecular formula is C13H27NOS. The van der Waals surface area contributed by atoms with Gasteiger partial charge in [0.15, 0.2) is 0 Å². The minimum Gasteiger partial charge on any atom is -0.377 e. The van der Waals surface area contributed by atoms with E-state index >= 15 is 0 Å². The van der Waals surface area contributed by atoms with Crippen molar-refractivity contribution in [2.75, 3.05) is 24.7 Å². The smallest absolute Gasteiger partial charge is 0.0666 e. The van der Waals surface area contributed by atoms with E-state index in [1.807, 2.05) is 0 Å². The van der Waals surface area contributed by atoms with E-state index < -0.39 is 0 Å². The van der Waals surface area contributed by atoms with Crippen LogP contribution in [0.5, 0.6) is 0 Å². The van der Waals surface area contributed by atoms with Gasteiger partial charge in [0.25, 0.3) is 0 Å².